The van der Waals surface area contributed by atoms with Crippen LogP contribution in [0, 0.1) is 0 Å². The average Bonchev–Trinajstić information content (AvgIpc) is 3.41. The quantitative estimate of drug-likeness (QED) is 0.463. The summed E-state index contributed by atoms with van der Waals surface area (Å²) >= 11 is 0. The zero-order chi connectivity index (χ0) is 29.9. The number of amides is 3. The van der Waals surface area contributed by atoms with Crippen LogP contribution in [-0.4, -0.2) is 68.3 Å². The predicted octanol–water partition coefficient (Wildman–Crippen LogP) is 4.59. The lowest BCUT2D eigenvalue weighted by atomic mass is 9.97. The van der Waals surface area contributed by atoms with E-state index in [0.717, 1.165) is 0 Å². The summed E-state index contributed by atoms with van der Waals surface area (Å²) in [5, 5.41) is 5.36. The SMILES string of the molecule is CNC(=O)NC1CCN(C(C(=O)N(C)CCc2cc(C(F)(F)F)cc(C(F)(F)F)c2)c2cccc3c2OCO3)CC1. The zero-order valence-electron chi connectivity index (χ0n) is 22.4. The summed E-state index contributed by atoms with van der Waals surface area (Å²) in [5.41, 5.74) is -2.46. The maximum Gasteiger partial charge on any atom is 0.416 e. The first-order valence-electron chi connectivity index (χ1n) is 12.9. The van der Waals surface area contributed by atoms with E-state index in [1.165, 1.54) is 19.0 Å². The van der Waals surface area contributed by atoms with Gasteiger partial charge in [0.1, 0.15) is 6.04 Å². The van der Waals surface area contributed by atoms with Crippen LogP contribution in [0.2, 0.25) is 0 Å². The van der Waals surface area contributed by atoms with Gasteiger partial charge in [-0.15, -0.1) is 0 Å². The summed E-state index contributed by atoms with van der Waals surface area (Å²) in [4.78, 5) is 28.8. The van der Waals surface area contributed by atoms with Crippen molar-refractivity contribution in [2.45, 2.75) is 43.7 Å². The molecule has 1 fully saturated rings. The lowest BCUT2D eigenvalue weighted by molar-refractivity contribution is -0.143. The molecule has 3 amide bonds. The molecule has 0 bridgehead atoms. The fourth-order valence-corrected chi connectivity index (χ4v) is 4.99. The highest BCUT2D eigenvalue weighted by Crippen LogP contribution is 2.42. The van der Waals surface area contributed by atoms with Crippen LogP contribution in [0.3, 0.4) is 0 Å². The fourth-order valence-electron chi connectivity index (χ4n) is 4.99. The Morgan fingerprint density at radius 3 is 2.24 bits per heavy atom. The van der Waals surface area contributed by atoms with Crippen molar-refractivity contribution in [3.63, 3.8) is 0 Å². The van der Waals surface area contributed by atoms with E-state index in [1.807, 2.05) is 4.90 Å². The van der Waals surface area contributed by atoms with Crippen molar-refractivity contribution in [1.82, 2.24) is 20.4 Å². The van der Waals surface area contributed by atoms with Gasteiger partial charge in [-0.1, -0.05) is 12.1 Å². The second kappa shape index (κ2) is 12.0. The number of piperidine rings is 1. The number of urea groups is 1. The van der Waals surface area contributed by atoms with Crippen LogP contribution < -0.4 is 20.1 Å². The molecule has 1 unspecified atom stereocenters. The molecule has 0 saturated carbocycles. The van der Waals surface area contributed by atoms with Gasteiger partial charge in [0.15, 0.2) is 11.5 Å². The second-order valence-corrected chi connectivity index (χ2v) is 9.94. The number of nitrogens with one attached hydrogen (secondary N) is 2. The van der Waals surface area contributed by atoms with Crippen LogP contribution in [0.5, 0.6) is 11.5 Å². The number of carbonyl (C=O) groups is 2. The molecular formula is C27H30F6N4O4. The zero-order valence-corrected chi connectivity index (χ0v) is 22.4. The van der Waals surface area contributed by atoms with Crippen molar-refractivity contribution in [1.29, 1.82) is 0 Å². The number of benzene rings is 2. The number of rotatable bonds is 7. The largest absolute Gasteiger partial charge is 0.454 e. The van der Waals surface area contributed by atoms with E-state index in [2.05, 4.69) is 10.6 Å². The van der Waals surface area contributed by atoms with Crippen molar-refractivity contribution >= 4 is 11.9 Å². The molecule has 41 heavy (non-hydrogen) atoms. The molecule has 2 aromatic carbocycles. The fraction of sp³-hybridized carbons (Fsp3) is 0.481. The third-order valence-electron chi connectivity index (χ3n) is 7.17. The van der Waals surface area contributed by atoms with Gasteiger partial charge in [-0.3, -0.25) is 9.69 Å². The predicted molar refractivity (Wildman–Crippen MR) is 135 cm³/mol. The molecule has 1 saturated heterocycles. The number of likely N-dealkylation sites (N-methyl/N-ethyl adjacent to an activating group) is 1. The molecule has 0 aromatic heterocycles. The molecule has 14 heteroatoms. The number of hydrogen-bond donors (Lipinski definition) is 2. The minimum atomic E-state index is -4.96. The van der Waals surface area contributed by atoms with Crippen molar-refractivity contribution in [2.75, 3.05) is 40.5 Å². The Morgan fingerprint density at radius 2 is 1.66 bits per heavy atom. The number of carbonyl (C=O) groups excluding carboxylic acids is 2. The monoisotopic (exact) mass is 588 g/mol. The molecule has 2 aliphatic rings. The van der Waals surface area contributed by atoms with Crippen LogP contribution in [0.15, 0.2) is 36.4 Å². The van der Waals surface area contributed by atoms with Crippen LogP contribution in [-0.2, 0) is 23.6 Å². The Balaban J connectivity index is 1.56. The summed E-state index contributed by atoms with van der Waals surface area (Å²) in [5.74, 6) is 0.454. The molecule has 2 heterocycles. The number of para-hydroxylation sites is 1. The molecule has 2 N–H and O–H groups in total. The summed E-state index contributed by atoms with van der Waals surface area (Å²) in [6.45, 7) is 0.714. The molecule has 0 aliphatic carbocycles. The summed E-state index contributed by atoms with van der Waals surface area (Å²) in [6, 6.07) is 5.28. The van der Waals surface area contributed by atoms with Gasteiger partial charge >= 0.3 is 18.4 Å². The van der Waals surface area contributed by atoms with Gasteiger partial charge < -0.3 is 25.0 Å². The van der Waals surface area contributed by atoms with E-state index in [9.17, 15) is 35.9 Å². The molecule has 1 atom stereocenters. The van der Waals surface area contributed by atoms with Gasteiger partial charge in [-0.25, -0.2) is 4.79 Å². The van der Waals surface area contributed by atoms with E-state index in [0.29, 0.717) is 55.1 Å². The Labute approximate surface area is 232 Å². The van der Waals surface area contributed by atoms with E-state index in [-0.39, 0.29) is 43.5 Å². The van der Waals surface area contributed by atoms with Crippen LogP contribution in [0.4, 0.5) is 31.1 Å². The maximum absolute atomic E-state index is 13.9. The highest BCUT2D eigenvalue weighted by molar-refractivity contribution is 5.84. The van der Waals surface area contributed by atoms with Crippen LogP contribution >= 0.6 is 0 Å². The van der Waals surface area contributed by atoms with Gasteiger partial charge in [-0.05, 0) is 49.1 Å². The number of fused-ring (bicyclic) bond motifs is 1. The van der Waals surface area contributed by atoms with E-state index >= 15 is 0 Å². The Morgan fingerprint density at radius 1 is 1.02 bits per heavy atom. The van der Waals surface area contributed by atoms with Gasteiger partial charge in [0.2, 0.25) is 12.7 Å². The topological polar surface area (TPSA) is 83.1 Å². The molecule has 2 aliphatic heterocycles. The van der Waals surface area contributed by atoms with E-state index in [4.69, 9.17) is 9.47 Å². The van der Waals surface area contributed by atoms with Crippen molar-refractivity contribution in [3.8, 4) is 11.5 Å². The molecule has 4 rings (SSSR count). The highest BCUT2D eigenvalue weighted by Gasteiger charge is 2.38. The van der Waals surface area contributed by atoms with Crippen molar-refractivity contribution in [3.05, 3.63) is 58.7 Å². The smallest absolute Gasteiger partial charge is 0.416 e. The van der Waals surface area contributed by atoms with Crippen molar-refractivity contribution < 1.29 is 45.4 Å². The van der Waals surface area contributed by atoms with Gasteiger partial charge in [0.25, 0.3) is 0 Å². The lowest BCUT2D eigenvalue weighted by Gasteiger charge is -2.38. The first-order chi connectivity index (χ1) is 19.3. The summed E-state index contributed by atoms with van der Waals surface area (Å²) < 4.78 is 90.9. The van der Waals surface area contributed by atoms with Crippen LogP contribution in [0.1, 0.15) is 41.1 Å². The van der Waals surface area contributed by atoms with Gasteiger partial charge in [-0.2, -0.15) is 26.3 Å². The second-order valence-electron chi connectivity index (χ2n) is 9.94. The molecule has 8 nitrogen and oxygen atoms in total. The molecule has 224 valence electrons. The summed E-state index contributed by atoms with van der Waals surface area (Å²) in [7, 11) is 2.96. The minimum Gasteiger partial charge on any atom is -0.454 e. The number of ether oxygens (including phenoxy) is 2. The first-order valence-corrected chi connectivity index (χ1v) is 12.9. The van der Waals surface area contributed by atoms with Crippen LogP contribution in [0.25, 0.3) is 0 Å². The van der Waals surface area contributed by atoms with Gasteiger partial charge in [0, 0.05) is 45.3 Å². The normalized spacial score (nSPS) is 16.8. The van der Waals surface area contributed by atoms with E-state index < -0.39 is 35.4 Å². The summed E-state index contributed by atoms with van der Waals surface area (Å²) in [6.07, 6.45) is -9.04. The third-order valence-corrected chi connectivity index (χ3v) is 7.17. The lowest BCUT2D eigenvalue weighted by Crippen LogP contribution is -2.50. The number of halogens is 6. The standard InChI is InChI=1S/C27H30F6N4O4/c1-34-25(39)35-19-7-10-37(11-8-19)22(20-4-3-5-21-23(20)41-15-40-21)24(38)36(2)9-6-16-12-17(26(28,29)30)14-18(13-16)27(31,32)33/h3-5,12-14,19,22H,6-11,15H2,1-2H3,(H2,34,35,39). The Kier molecular flexibility index (Phi) is 8.90. The van der Waals surface area contributed by atoms with Crippen molar-refractivity contribution in [2.24, 2.45) is 0 Å². The highest BCUT2D eigenvalue weighted by atomic mass is 19.4. The number of hydrogen-bond acceptors (Lipinski definition) is 5. The molecule has 2 aromatic rings. The van der Waals surface area contributed by atoms with E-state index in [1.54, 1.807) is 18.2 Å². The molecular weight excluding hydrogens is 558 g/mol. The third kappa shape index (κ3) is 7.16. The van der Waals surface area contributed by atoms with Gasteiger partial charge in [0.05, 0.1) is 11.1 Å². The maximum atomic E-state index is 13.9. The number of alkyl halides is 6. The first kappa shape index (κ1) is 30.3. The Hall–Kier alpha value is -3.68. The number of nitrogens with zero attached hydrogens (tertiary/aromatic N) is 2. The molecule has 0 spiro atoms. The number of likely N-dealkylation sites (tertiary alicyclic amines) is 1. The average molecular weight is 589 g/mol. The Bertz CT molecular complexity index is 1230. The minimum absolute atomic E-state index is 0.0295. The molecule has 0 radical (unpaired) electrons.